The fraction of sp³-hybridized carbons (Fsp3) is 0.909. The Balaban J connectivity index is 3.55. The van der Waals surface area contributed by atoms with Gasteiger partial charge in [0, 0.05) is 0 Å². The lowest BCUT2D eigenvalue weighted by atomic mass is 10.1. The molecule has 1 aliphatic heterocycles. The van der Waals surface area contributed by atoms with E-state index >= 15 is 0 Å². The first-order chi connectivity index (χ1) is 14.8. The Hall–Kier alpha value is -2.01. The molecule has 24 heteroatoms. The molecular weight excluding hydrogens is 576 g/mol. The minimum Gasteiger partial charge on any atom is -0.392 e. The highest BCUT2D eigenvalue weighted by Gasteiger charge is 2.96. The summed E-state index contributed by atoms with van der Waals surface area (Å²) in [6.45, 7) is 0. The highest BCUT2D eigenvalue weighted by Crippen LogP contribution is 2.65. The van der Waals surface area contributed by atoms with Gasteiger partial charge in [0.1, 0.15) is 0 Å². The van der Waals surface area contributed by atoms with Gasteiger partial charge in [0.2, 0.25) is 0 Å². The summed E-state index contributed by atoms with van der Waals surface area (Å²) in [6, 6.07) is 0. The lowest BCUT2D eigenvalue weighted by Gasteiger charge is -2.36. The number of halogens is 20. The number of esters is 1. The van der Waals surface area contributed by atoms with Crippen molar-refractivity contribution < 1.29 is 107 Å². The van der Waals surface area contributed by atoms with Crippen LogP contribution >= 0.6 is 0 Å². The molecule has 0 aromatic heterocycles. The number of ether oxygens (including phenoxy) is 3. The smallest absolute Gasteiger partial charge is 0.392 e. The zero-order chi connectivity index (χ0) is 28.7. The fourth-order valence-electron chi connectivity index (χ4n) is 1.80. The predicted molar refractivity (Wildman–Crippen MR) is 57.7 cm³/mol. The summed E-state index contributed by atoms with van der Waals surface area (Å²) in [6.07, 6.45) is -38.0. The summed E-state index contributed by atoms with van der Waals surface area (Å²) in [4.78, 5) is 11.0. The van der Waals surface area contributed by atoms with E-state index in [1.807, 2.05) is 0 Å². The van der Waals surface area contributed by atoms with Crippen LogP contribution in [0.25, 0.3) is 0 Å². The number of rotatable bonds is 6. The van der Waals surface area contributed by atoms with E-state index in [0.717, 1.165) is 0 Å². The first-order valence-corrected chi connectivity index (χ1v) is 7.21. The molecule has 0 N–H and O–H groups in total. The normalized spacial score (nSPS) is 26.9. The quantitative estimate of drug-likeness (QED) is 0.300. The van der Waals surface area contributed by atoms with Crippen LogP contribution in [0.3, 0.4) is 0 Å². The van der Waals surface area contributed by atoms with Crippen molar-refractivity contribution in [3.63, 3.8) is 0 Å². The van der Waals surface area contributed by atoms with Gasteiger partial charge in [-0.05, 0) is 0 Å². The van der Waals surface area contributed by atoms with E-state index in [-0.39, 0.29) is 0 Å². The van der Waals surface area contributed by atoms with E-state index in [1.165, 1.54) is 4.74 Å². The van der Waals surface area contributed by atoms with Crippen LogP contribution in [0.4, 0.5) is 87.8 Å². The molecule has 0 aromatic carbocycles. The zero-order valence-corrected chi connectivity index (χ0v) is 14.7. The van der Waals surface area contributed by atoms with Gasteiger partial charge in [-0.15, -0.1) is 0 Å². The van der Waals surface area contributed by atoms with Crippen molar-refractivity contribution in [3.05, 3.63) is 0 Å². The summed E-state index contributed by atoms with van der Waals surface area (Å²) >= 11 is 0. The molecule has 208 valence electrons. The third-order valence-electron chi connectivity index (χ3n) is 3.65. The monoisotopic (exact) mass is 576 g/mol. The van der Waals surface area contributed by atoms with Crippen LogP contribution in [-0.4, -0.2) is 66.1 Å². The third kappa shape index (κ3) is 4.08. The highest BCUT2D eigenvalue weighted by atomic mass is 19.4. The van der Waals surface area contributed by atoms with Crippen LogP contribution < -0.4 is 0 Å². The van der Waals surface area contributed by atoms with Gasteiger partial charge in [0.25, 0.3) is 0 Å². The van der Waals surface area contributed by atoms with Crippen molar-refractivity contribution in [1.82, 2.24) is 0 Å². The molecule has 0 bridgehead atoms. The lowest BCUT2D eigenvalue weighted by Crippen LogP contribution is -2.65. The molecule has 1 rings (SSSR count). The topological polar surface area (TPSA) is 44.8 Å². The largest absolute Gasteiger partial charge is 0.468 e. The molecule has 1 aliphatic rings. The Morgan fingerprint density at radius 3 is 1.31 bits per heavy atom. The van der Waals surface area contributed by atoms with E-state index in [9.17, 15) is 92.6 Å². The predicted octanol–water partition coefficient (Wildman–Crippen LogP) is 5.72. The molecule has 0 spiro atoms. The average molecular weight is 576 g/mol. The van der Waals surface area contributed by atoms with Gasteiger partial charge < -0.3 is 4.74 Å². The van der Waals surface area contributed by atoms with Crippen LogP contribution in [-0.2, 0) is 19.0 Å². The second-order valence-corrected chi connectivity index (χ2v) is 6.05. The summed E-state index contributed by atoms with van der Waals surface area (Å²) in [5.41, 5.74) is 0. The summed E-state index contributed by atoms with van der Waals surface area (Å²) in [5, 5.41) is 0. The molecule has 1 saturated heterocycles. The van der Waals surface area contributed by atoms with Crippen LogP contribution in [0.1, 0.15) is 0 Å². The maximum Gasteiger partial charge on any atom is 0.468 e. The summed E-state index contributed by atoms with van der Waals surface area (Å²) in [7, 11) is 0. The number of carbonyl (C=O) groups excluding carboxylic acids is 1. The number of hydrogen-bond acceptors (Lipinski definition) is 4. The Morgan fingerprint density at radius 1 is 0.629 bits per heavy atom. The Bertz CT molecular complexity index is 843. The molecule has 1 heterocycles. The molecular formula is C11F20O4. The maximum atomic E-state index is 13.8. The standard InChI is InChI=1S/C11F20O4/c12-2(7(20,21)22,34-10(28,29)5(17,18)8(23,24)25)1(32)33-11(30,31)6(19)3(13,14)4(15,16)9(26,27)35-6. The van der Waals surface area contributed by atoms with Crippen LogP contribution in [0.5, 0.6) is 0 Å². The van der Waals surface area contributed by atoms with Gasteiger partial charge in [-0.2, -0.15) is 87.8 Å². The minimum atomic E-state index is -7.88. The Kier molecular flexibility index (Phi) is 6.65. The van der Waals surface area contributed by atoms with Crippen molar-refractivity contribution in [2.75, 3.05) is 0 Å². The lowest BCUT2D eigenvalue weighted by molar-refractivity contribution is -0.481. The van der Waals surface area contributed by atoms with Crippen molar-refractivity contribution in [3.8, 4) is 0 Å². The fourth-order valence-corrected chi connectivity index (χ4v) is 1.80. The second-order valence-electron chi connectivity index (χ2n) is 6.05. The third-order valence-corrected chi connectivity index (χ3v) is 3.65. The van der Waals surface area contributed by atoms with E-state index in [1.54, 1.807) is 9.47 Å². The van der Waals surface area contributed by atoms with E-state index in [0.29, 0.717) is 0 Å². The molecule has 0 aliphatic carbocycles. The molecule has 0 saturated carbocycles. The molecule has 2 atom stereocenters. The van der Waals surface area contributed by atoms with E-state index in [2.05, 4.69) is 0 Å². The number of carbonyl (C=O) groups is 1. The second kappa shape index (κ2) is 7.50. The van der Waals surface area contributed by atoms with Gasteiger partial charge in [0.05, 0.1) is 0 Å². The van der Waals surface area contributed by atoms with Crippen molar-refractivity contribution in [2.24, 2.45) is 0 Å². The van der Waals surface area contributed by atoms with Gasteiger partial charge in [-0.1, -0.05) is 0 Å². The summed E-state index contributed by atoms with van der Waals surface area (Å²) < 4.78 is 262. The first kappa shape index (κ1) is 31.0. The van der Waals surface area contributed by atoms with Gasteiger partial charge in [-0.25, -0.2) is 4.79 Å². The van der Waals surface area contributed by atoms with Gasteiger partial charge in [0.15, 0.2) is 0 Å². The van der Waals surface area contributed by atoms with Gasteiger partial charge in [-0.3, -0.25) is 9.47 Å². The molecule has 35 heavy (non-hydrogen) atoms. The van der Waals surface area contributed by atoms with Crippen molar-refractivity contribution in [2.45, 2.75) is 60.2 Å². The number of hydrogen-bond donors (Lipinski definition) is 0. The molecule has 0 radical (unpaired) electrons. The number of alkyl halides is 20. The minimum absolute atomic E-state index is 1.37. The Morgan fingerprint density at radius 2 is 1.03 bits per heavy atom. The molecule has 2 unspecified atom stereocenters. The van der Waals surface area contributed by atoms with Crippen LogP contribution in [0.2, 0.25) is 0 Å². The van der Waals surface area contributed by atoms with Crippen LogP contribution in [0.15, 0.2) is 0 Å². The summed E-state index contributed by atoms with van der Waals surface area (Å²) in [5.74, 6) is -43.1. The maximum absolute atomic E-state index is 13.8. The van der Waals surface area contributed by atoms with E-state index < -0.39 is 66.1 Å². The average Bonchev–Trinajstić information content (AvgIpc) is 2.66. The SMILES string of the molecule is O=C(OC(F)(F)C1(F)OC(F)(F)C(F)(F)C1(F)F)C(F)(OC(F)(F)C(F)(F)C(F)(F)F)C(F)(F)F. The molecule has 0 aromatic rings. The van der Waals surface area contributed by atoms with Crippen molar-refractivity contribution in [1.29, 1.82) is 0 Å². The molecule has 4 nitrogen and oxygen atoms in total. The Labute approximate surface area is 174 Å². The van der Waals surface area contributed by atoms with Gasteiger partial charge >= 0.3 is 66.1 Å². The molecule has 1 fully saturated rings. The van der Waals surface area contributed by atoms with E-state index in [4.69, 9.17) is 0 Å². The zero-order valence-electron chi connectivity index (χ0n) is 14.7. The highest BCUT2D eigenvalue weighted by molar-refractivity contribution is 5.79. The molecule has 0 amide bonds. The first-order valence-electron chi connectivity index (χ1n) is 7.21. The van der Waals surface area contributed by atoms with Crippen molar-refractivity contribution >= 4 is 5.97 Å². The van der Waals surface area contributed by atoms with Crippen LogP contribution in [0, 0.1) is 0 Å².